The molecule has 0 amide bonds. The molecule has 0 aliphatic carbocycles. The quantitative estimate of drug-likeness (QED) is 0.574. The molecule has 1 atom stereocenters. The SMILES string of the molecule is C=CC1=C(C(=C)/C(=C/C=C(\C)C#N)CC)CCOC1CNC. The first kappa shape index (κ1) is 18.2. The Kier molecular flexibility index (Phi) is 7.59. The molecule has 3 nitrogen and oxygen atoms in total. The van der Waals surface area contributed by atoms with Crippen LogP contribution >= 0.6 is 0 Å². The van der Waals surface area contributed by atoms with Crippen LogP contribution in [-0.4, -0.2) is 26.3 Å². The zero-order valence-corrected chi connectivity index (χ0v) is 13.9. The number of hydrogen-bond acceptors (Lipinski definition) is 3. The third-order valence-electron chi connectivity index (χ3n) is 3.82. The number of nitrogens with one attached hydrogen (secondary N) is 1. The van der Waals surface area contributed by atoms with Crippen molar-refractivity contribution in [2.45, 2.75) is 32.8 Å². The highest BCUT2D eigenvalue weighted by atomic mass is 16.5. The Morgan fingerprint density at radius 1 is 1.50 bits per heavy atom. The Bertz CT molecular complexity index is 558. The summed E-state index contributed by atoms with van der Waals surface area (Å²) in [6, 6.07) is 2.14. The van der Waals surface area contributed by atoms with Crippen LogP contribution in [0.1, 0.15) is 26.7 Å². The first-order valence-electron chi connectivity index (χ1n) is 7.67. The van der Waals surface area contributed by atoms with Crippen LogP contribution in [0.25, 0.3) is 0 Å². The van der Waals surface area contributed by atoms with E-state index < -0.39 is 0 Å². The first-order chi connectivity index (χ1) is 10.6. The van der Waals surface area contributed by atoms with Crippen LogP contribution in [0.15, 0.2) is 59.3 Å². The molecule has 1 aliphatic heterocycles. The molecule has 118 valence electrons. The highest BCUT2D eigenvalue weighted by Gasteiger charge is 2.23. The summed E-state index contributed by atoms with van der Waals surface area (Å²) < 4.78 is 5.82. The largest absolute Gasteiger partial charge is 0.372 e. The first-order valence-corrected chi connectivity index (χ1v) is 7.67. The van der Waals surface area contributed by atoms with Gasteiger partial charge in [0.05, 0.1) is 18.8 Å². The molecular weight excluding hydrogens is 272 g/mol. The molecule has 3 heteroatoms. The second kappa shape index (κ2) is 9.19. The highest BCUT2D eigenvalue weighted by Crippen LogP contribution is 2.31. The fourth-order valence-corrected chi connectivity index (χ4v) is 2.55. The number of likely N-dealkylation sites (N-methyl/N-ethyl adjacent to an activating group) is 1. The smallest absolute Gasteiger partial charge is 0.0951 e. The zero-order chi connectivity index (χ0) is 16.5. The fraction of sp³-hybridized carbons (Fsp3) is 0.421. The Hall–Kier alpha value is -1.89. The average molecular weight is 298 g/mol. The third-order valence-corrected chi connectivity index (χ3v) is 3.82. The summed E-state index contributed by atoms with van der Waals surface area (Å²) in [5.74, 6) is 0. The van der Waals surface area contributed by atoms with Crippen LogP contribution in [-0.2, 0) is 4.74 Å². The normalized spacial score (nSPS) is 19.8. The highest BCUT2D eigenvalue weighted by molar-refractivity contribution is 5.52. The van der Waals surface area contributed by atoms with Gasteiger partial charge in [-0.2, -0.15) is 5.26 Å². The van der Waals surface area contributed by atoms with Crippen molar-refractivity contribution in [3.8, 4) is 6.07 Å². The van der Waals surface area contributed by atoms with Crippen molar-refractivity contribution in [3.05, 3.63) is 59.3 Å². The van der Waals surface area contributed by atoms with Crippen molar-refractivity contribution >= 4 is 0 Å². The molecule has 0 aromatic carbocycles. The molecule has 0 spiro atoms. The molecule has 1 N–H and O–H groups in total. The van der Waals surface area contributed by atoms with Gasteiger partial charge in [-0.15, -0.1) is 0 Å². The summed E-state index contributed by atoms with van der Waals surface area (Å²) in [5, 5.41) is 12.0. The van der Waals surface area contributed by atoms with Gasteiger partial charge in [0.15, 0.2) is 0 Å². The fourth-order valence-electron chi connectivity index (χ4n) is 2.55. The lowest BCUT2D eigenvalue weighted by Crippen LogP contribution is -2.32. The molecule has 0 saturated heterocycles. The number of hydrogen-bond donors (Lipinski definition) is 1. The van der Waals surface area contributed by atoms with E-state index in [0.29, 0.717) is 12.2 Å². The van der Waals surface area contributed by atoms with Gasteiger partial charge in [0.1, 0.15) is 0 Å². The maximum Gasteiger partial charge on any atom is 0.0951 e. The van der Waals surface area contributed by atoms with E-state index >= 15 is 0 Å². The summed E-state index contributed by atoms with van der Waals surface area (Å²) in [4.78, 5) is 0. The monoisotopic (exact) mass is 298 g/mol. The molecular formula is C19H26N2O. The lowest BCUT2D eigenvalue weighted by atomic mass is 9.87. The van der Waals surface area contributed by atoms with Gasteiger partial charge in [-0.3, -0.25) is 0 Å². The van der Waals surface area contributed by atoms with E-state index in [9.17, 15) is 0 Å². The van der Waals surface area contributed by atoms with Crippen molar-refractivity contribution < 1.29 is 4.74 Å². The minimum absolute atomic E-state index is 0.0255. The predicted octanol–water partition coefficient (Wildman–Crippen LogP) is 3.84. The van der Waals surface area contributed by atoms with Crippen LogP contribution < -0.4 is 5.32 Å². The van der Waals surface area contributed by atoms with Crippen LogP contribution in [0.5, 0.6) is 0 Å². The van der Waals surface area contributed by atoms with Gasteiger partial charge >= 0.3 is 0 Å². The Morgan fingerprint density at radius 2 is 2.23 bits per heavy atom. The molecule has 1 aliphatic rings. The molecule has 1 heterocycles. The standard InChI is InChI=1S/C19H26N2O/c1-6-16(9-8-14(3)12-20)15(4)18-10-11-22-19(13-21-5)17(18)7-2/h7-9,19,21H,2,4,6,10-11,13H2,1,3,5H3/b14-8+,16-9+. The van der Waals surface area contributed by atoms with Gasteiger partial charge in [0.2, 0.25) is 0 Å². The van der Waals surface area contributed by atoms with E-state index in [4.69, 9.17) is 10.00 Å². The van der Waals surface area contributed by atoms with Crippen LogP contribution in [0.4, 0.5) is 0 Å². The Balaban J connectivity index is 3.16. The van der Waals surface area contributed by atoms with Crippen LogP contribution in [0.2, 0.25) is 0 Å². The topological polar surface area (TPSA) is 45.0 Å². The second-order valence-electron chi connectivity index (χ2n) is 5.29. The maximum atomic E-state index is 8.87. The summed E-state index contributed by atoms with van der Waals surface area (Å²) in [6.45, 7) is 13.6. The second-order valence-corrected chi connectivity index (χ2v) is 5.29. The summed E-state index contributed by atoms with van der Waals surface area (Å²) in [5.41, 5.74) is 5.21. The van der Waals surface area contributed by atoms with E-state index in [0.717, 1.165) is 36.1 Å². The van der Waals surface area contributed by atoms with Crippen molar-refractivity contribution in [2.24, 2.45) is 0 Å². The molecule has 1 unspecified atom stereocenters. The zero-order valence-electron chi connectivity index (χ0n) is 13.9. The molecule has 0 aromatic heterocycles. The van der Waals surface area contributed by atoms with E-state index in [1.807, 2.05) is 25.3 Å². The molecule has 22 heavy (non-hydrogen) atoms. The van der Waals surface area contributed by atoms with Gasteiger partial charge in [-0.25, -0.2) is 0 Å². The molecule has 0 saturated carbocycles. The molecule has 0 aromatic rings. The van der Waals surface area contributed by atoms with Crippen molar-refractivity contribution in [2.75, 3.05) is 20.2 Å². The van der Waals surface area contributed by atoms with Crippen LogP contribution in [0, 0.1) is 11.3 Å². The van der Waals surface area contributed by atoms with E-state index in [-0.39, 0.29) is 6.10 Å². The Morgan fingerprint density at radius 3 is 2.77 bits per heavy atom. The lowest BCUT2D eigenvalue weighted by molar-refractivity contribution is 0.0720. The van der Waals surface area contributed by atoms with E-state index in [1.54, 1.807) is 6.92 Å². The number of allylic oxidation sites excluding steroid dienone is 5. The number of rotatable bonds is 7. The molecule has 0 fully saturated rings. The van der Waals surface area contributed by atoms with Gasteiger partial charge in [0, 0.05) is 12.1 Å². The minimum Gasteiger partial charge on any atom is -0.372 e. The average Bonchev–Trinajstić information content (AvgIpc) is 2.54. The van der Waals surface area contributed by atoms with Gasteiger partial charge in [-0.05, 0) is 55.2 Å². The van der Waals surface area contributed by atoms with Crippen molar-refractivity contribution in [3.63, 3.8) is 0 Å². The number of nitrogens with zero attached hydrogens (tertiary/aromatic N) is 1. The van der Waals surface area contributed by atoms with E-state index in [2.05, 4.69) is 31.5 Å². The Labute approximate surface area is 134 Å². The van der Waals surface area contributed by atoms with Gasteiger partial charge in [-0.1, -0.05) is 32.2 Å². The van der Waals surface area contributed by atoms with Crippen LogP contribution in [0.3, 0.4) is 0 Å². The summed E-state index contributed by atoms with van der Waals surface area (Å²) >= 11 is 0. The van der Waals surface area contributed by atoms with Crippen molar-refractivity contribution in [1.82, 2.24) is 5.32 Å². The molecule has 0 bridgehead atoms. The predicted molar refractivity (Wildman–Crippen MR) is 92.4 cm³/mol. The molecule has 0 radical (unpaired) electrons. The van der Waals surface area contributed by atoms with Crippen molar-refractivity contribution in [1.29, 1.82) is 5.26 Å². The lowest BCUT2D eigenvalue weighted by Gasteiger charge is -2.29. The van der Waals surface area contributed by atoms with Gasteiger partial charge < -0.3 is 10.1 Å². The number of nitriles is 1. The van der Waals surface area contributed by atoms with E-state index in [1.165, 1.54) is 5.57 Å². The summed E-state index contributed by atoms with van der Waals surface area (Å²) in [7, 11) is 1.92. The number of ether oxygens (including phenoxy) is 1. The summed E-state index contributed by atoms with van der Waals surface area (Å²) in [6.07, 6.45) is 7.47. The third kappa shape index (κ3) is 4.56. The van der Waals surface area contributed by atoms with Gasteiger partial charge in [0.25, 0.3) is 0 Å². The molecule has 1 rings (SSSR count). The minimum atomic E-state index is 0.0255. The maximum absolute atomic E-state index is 8.87.